The fourth-order valence-electron chi connectivity index (χ4n) is 5.26. The molecular weight excluding hydrogens is 464 g/mol. The summed E-state index contributed by atoms with van der Waals surface area (Å²) in [6.45, 7) is 9.51. The Bertz CT molecular complexity index is 988. The summed E-state index contributed by atoms with van der Waals surface area (Å²) >= 11 is 6.23. The van der Waals surface area contributed by atoms with Crippen LogP contribution < -0.4 is 15.0 Å². The molecule has 8 heteroatoms. The summed E-state index contributed by atoms with van der Waals surface area (Å²) in [5.41, 5.74) is 3.08. The minimum atomic E-state index is -0.00714. The van der Waals surface area contributed by atoms with Gasteiger partial charge in [-0.1, -0.05) is 11.6 Å². The van der Waals surface area contributed by atoms with E-state index in [4.69, 9.17) is 21.1 Å². The Kier molecular flexibility index (Phi) is 8.09. The van der Waals surface area contributed by atoms with E-state index >= 15 is 0 Å². The van der Waals surface area contributed by atoms with E-state index < -0.39 is 0 Å². The molecule has 188 valence electrons. The number of halogens is 1. The van der Waals surface area contributed by atoms with Crippen LogP contribution >= 0.6 is 11.6 Å². The second-order valence-corrected chi connectivity index (χ2v) is 9.98. The van der Waals surface area contributed by atoms with Crippen LogP contribution in [-0.2, 0) is 11.3 Å². The molecule has 2 aromatic rings. The SMILES string of the molecule is O=C(NCCN1CCOCC1)c1ccc(N2CCC(N3CCOc4ccc(Cl)cc4C3)CC2)cc1. The van der Waals surface area contributed by atoms with Crippen LogP contribution in [0.1, 0.15) is 28.8 Å². The molecule has 3 aliphatic heterocycles. The van der Waals surface area contributed by atoms with Gasteiger partial charge in [0.15, 0.2) is 0 Å². The van der Waals surface area contributed by atoms with Crippen LogP contribution in [0.3, 0.4) is 0 Å². The molecule has 7 nitrogen and oxygen atoms in total. The molecular formula is C27H35ClN4O3. The molecule has 0 saturated carbocycles. The number of amides is 1. The zero-order valence-electron chi connectivity index (χ0n) is 20.3. The highest BCUT2D eigenvalue weighted by Crippen LogP contribution is 2.30. The molecule has 2 saturated heterocycles. The lowest BCUT2D eigenvalue weighted by Crippen LogP contribution is -2.45. The Balaban J connectivity index is 1.10. The fourth-order valence-corrected chi connectivity index (χ4v) is 5.46. The summed E-state index contributed by atoms with van der Waals surface area (Å²) in [4.78, 5) is 19.8. The van der Waals surface area contributed by atoms with E-state index in [1.165, 1.54) is 11.3 Å². The number of anilines is 1. The van der Waals surface area contributed by atoms with Gasteiger partial charge in [-0.05, 0) is 55.3 Å². The van der Waals surface area contributed by atoms with E-state index in [2.05, 4.69) is 32.1 Å². The summed E-state index contributed by atoms with van der Waals surface area (Å²) < 4.78 is 11.3. The quantitative estimate of drug-likeness (QED) is 0.659. The average molecular weight is 499 g/mol. The summed E-state index contributed by atoms with van der Waals surface area (Å²) in [6.07, 6.45) is 2.22. The lowest BCUT2D eigenvalue weighted by Gasteiger charge is -2.39. The first-order valence-electron chi connectivity index (χ1n) is 12.7. The van der Waals surface area contributed by atoms with Gasteiger partial charge in [0, 0.05) is 80.2 Å². The molecule has 0 radical (unpaired) electrons. The number of hydrogen-bond donors (Lipinski definition) is 1. The van der Waals surface area contributed by atoms with Crippen molar-refractivity contribution >= 4 is 23.2 Å². The van der Waals surface area contributed by atoms with Crippen molar-refractivity contribution in [2.45, 2.75) is 25.4 Å². The Morgan fingerprint density at radius 1 is 0.971 bits per heavy atom. The standard InChI is InChI=1S/C27H35ClN4O3/c28-23-3-6-26-22(19-23)20-32(15-18-35-26)25-7-10-31(11-8-25)24-4-1-21(2-5-24)27(33)29-9-12-30-13-16-34-17-14-30/h1-6,19,25H,7-18,20H2,(H,29,33). The Morgan fingerprint density at radius 3 is 2.51 bits per heavy atom. The number of carbonyl (C=O) groups excluding carboxylic acids is 1. The molecule has 3 heterocycles. The van der Waals surface area contributed by atoms with Crippen molar-refractivity contribution in [3.63, 3.8) is 0 Å². The van der Waals surface area contributed by atoms with Crippen molar-refractivity contribution in [1.82, 2.24) is 15.1 Å². The molecule has 0 atom stereocenters. The predicted molar refractivity (Wildman–Crippen MR) is 139 cm³/mol. The monoisotopic (exact) mass is 498 g/mol. The maximum absolute atomic E-state index is 12.5. The third kappa shape index (κ3) is 6.28. The minimum absolute atomic E-state index is 0.00714. The fraction of sp³-hybridized carbons (Fsp3) is 0.519. The number of rotatable bonds is 6. The van der Waals surface area contributed by atoms with Crippen LogP contribution in [-0.4, -0.2) is 87.4 Å². The second kappa shape index (κ2) is 11.6. The van der Waals surface area contributed by atoms with E-state index in [0.717, 1.165) is 82.6 Å². The second-order valence-electron chi connectivity index (χ2n) is 9.55. The van der Waals surface area contributed by atoms with Gasteiger partial charge in [-0.15, -0.1) is 0 Å². The van der Waals surface area contributed by atoms with Crippen molar-refractivity contribution in [2.75, 3.05) is 70.5 Å². The number of hydrogen-bond acceptors (Lipinski definition) is 6. The minimum Gasteiger partial charge on any atom is -0.492 e. The highest BCUT2D eigenvalue weighted by molar-refractivity contribution is 6.30. The molecule has 0 spiro atoms. The van der Waals surface area contributed by atoms with Gasteiger partial charge in [0.2, 0.25) is 0 Å². The molecule has 0 aromatic heterocycles. The molecule has 0 unspecified atom stereocenters. The molecule has 35 heavy (non-hydrogen) atoms. The Labute approximate surface area is 212 Å². The molecule has 2 fully saturated rings. The van der Waals surface area contributed by atoms with E-state index in [0.29, 0.717) is 24.8 Å². The first-order valence-corrected chi connectivity index (χ1v) is 13.1. The van der Waals surface area contributed by atoms with Crippen molar-refractivity contribution < 1.29 is 14.3 Å². The van der Waals surface area contributed by atoms with Crippen molar-refractivity contribution in [3.8, 4) is 5.75 Å². The van der Waals surface area contributed by atoms with Gasteiger partial charge in [0.05, 0.1) is 13.2 Å². The van der Waals surface area contributed by atoms with Gasteiger partial charge in [-0.2, -0.15) is 0 Å². The third-order valence-electron chi connectivity index (χ3n) is 7.32. The number of nitrogens with one attached hydrogen (secondary N) is 1. The van der Waals surface area contributed by atoms with Crippen LogP contribution in [0.25, 0.3) is 0 Å². The summed E-state index contributed by atoms with van der Waals surface area (Å²) in [7, 11) is 0. The first kappa shape index (κ1) is 24.4. The lowest BCUT2D eigenvalue weighted by molar-refractivity contribution is 0.0383. The summed E-state index contributed by atoms with van der Waals surface area (Å²) in [6, 6.07) is 14.5. The zero-order valence-corrected chi connectivity index (χ0v) is 21.0. The van der Waals surface area contributed by atoms with Gasteiger partial charge in [-0.3, -0.25) is 14.6 Å². The molecule has 1 N–H and O–H groups in total. The predicted octanol–water partition coefficient (Wildman–Crippen LogP) is 3.27. The van der Waals surface area contributed by atoms with Crippen molar-refractivity contribution in [2.24, 2.45) is 0 Å². The van der Waals surface area contributed by atoms with E-state index in [9.17, 15) is 4.79 Å². The lowest BCUT2D eigenvalue weighted by atomic mass is 10.0. The molecule has 5 rings (SSSR count). The maximum Gasteiger partial charge on any atom is 0.251 e. The van der Waals surface area contributed by atoms with Crippen LogP contribution in [0.15, 0.2) is 42.5 Å². The number of piperidine rings is 1. The summed E-state index contributed by atoms with van der Waals surface area (Å²) in [5.74, 6) is 0.951. The van der Waals surface area contributed by atoms with E-state index in [-0.39, 0.29) is 5.91 Å². The average Bonchev–Trinajstić information content (AvgIpc) is 3.11. The van der Waals surface area contributed by atoms with Gasteiger partial charge >= 0.3 is 0 Å². The highest BCUT2D eigenvalue weighted by Gasteiger charge is 2.27. The topological polar surface area (TPSA) is 57.3 Å². The Hall–Kier alpha value is -2.32. The van der Waals surface area contributed by atoms with E-state index in [1.807, 2.05) is 30.3 Å². The van der Waals surface area contributed by atoms with Crippen molar-refractivity contribution in [1.29, 1.82) is 0 Å². The zero-order chi connectivity index (χ0) is 24.0. The number of fused-ring (bicyclic) bond motifs is 1. The van der Waals surface area contributed by atoms with Gasteiger partial charge in [0.25, 0.3) is 5.91 Å². The number of benzene rings is 2. The Morgan fingerprint density at radius 2 is 1.74 bits per heavy atom. The highest BCUT2D eigenvalue weighted by atomic mass is 35.5. The first-order chi connectivity index (χ1) is 17.2. The van der Waals surface area contributed by atoms with Gasteiger partial charge < -0.3 is 19.7 Å². The molecule has 3 aliphatic rings. The van der Waals surface area contributed by atoms with Crippen LogP contribution in [0, 0.1) is 0 Å². The summed E-state index contributed by atoms with van der Waals surface area (Å²) in [5, 5.41) is 3.81. The van der Waals surface area contributed by atoms with Crippen molar-refractivity contribution in [3.05, 3.63) is 58.6 Å². The molecule has 1 amide bonds. The largest absolute Gasteiger partial charge is 0.492 e. The molecule has 0 bridgehead atoms. The number of ether oxygens (including phenoxy) is 2. The van der Waals surface area contributed by atoms with E-state index in [1.54, 1.807) is 0 Å². The number of nitrogens with zero attached hydrogens (tertiary/aromatic N) is 3. The number of carbonyl (C=O) groups is 1. The van der Waals surface area contributed by atoms with Gasteiger partial charge in [-0.25, -0.2) is 0 Å². The smallest absolute Gasteiger partial charge is 0.251 e. The maximum atomic E-state index is 12.5. The number of morpholine rings is 1. The van der Waals surface area contributed by atoms with Gasteiger partial charge in [0.1, 0.15) is 12.4 Å². The van der Waals surface area contributed by atoms with Crippen LogP contribution in [0.4, 0.5) is 5.69 Å². The normalized spacial score (nSPS) is 20.1. The third-order valence-corrected chi connectivity index (χ3v) is 7.56. The van der Waals surface area contributed by atoms with Crippen LogP contribution in [0.5, 0.6) is 5.75 Å². The molecule has 2 aromatic carbocycles. The molecule has 0 aliphatic carbocycles. The van der Waals surface area contributed by atoms with Crippen LogP contribution in [0.2, 0.25) is 5.02 Å².